The molecule has 0 amide bonds. The van der Waals surface area contributed by atoms with Crippen molar-refractivity contribution < 1.29 is 21.7 Å². The van der Waals surface area contributed by atoms with Gasteiger partial charge in [0.05, 0.1) is 20.0 Å². The maximum absolute atomic E-state index is 13.1. The Kier molecular flexibility index (Phi) is 3.65. The molecule has 0 aliphatic carbocycles. The van der Waals surface area contributed by atoms with E-state index in [1.165, 1.54) is 25.3 Å². The van der Waals surface area contributed by atoms with E-state index in [4.69, 9.17) is 4.74 Å². The van der Waals surface area contributed by atoms with Gasteiger partial charge in [-0.05, 0) is 17.7 Å². The van der Waals surface area contributed by atoms with Gasteiger partial charge in [-0.3, -0.25) is 4.18 Å². The zero-order valence-corrected chi connectivity index (χ0v) is 9.17. The van der Waals surface area contributed by atoms with E-state index in [0.29, 0.717) is 5.56 Å². The SMILES string of the molecule is COc1ccc(COS(C)(=O)=O)cc1F. The lowest BCUT2D eigenvalue weighted by atomic mass is 10.2. The van der Waals surface area contributed by atoms with Gasteiger partial charge < -0.3 is 4.74 Å². The molecule has 84 valence electrons. The molecular formula is C9H11FO4S. The fourth-order valence-corrected chi connectivity index (χ4v) is 1.32. The van der Waals surface area contributed by atoms with Gasteiger partial charge in [0.15, 0.2) is 11.6 Å². The average molecular weight is 234 g/mol. The summed E-state index contributed by atoms with van der Waals surface area (Å²) in [5.74, 6) is -0.440. The first-order valence-corrected chi connectivity index (χ1v) is 5.91. The average Bonchev–Trinajstić information content (AvgIpc) is 2.14. The number of benzene rings is 1. The third-order valence-corrected chi connectivity index (χ3v) is 2.20. The molecule has 0 saturated carbocycles. The van der Waals surface area contributed by atoms with Crippen LogP contribution in [0.3, 0.4) is 0 Å². The second-order valence-corrected chi connectivity index (χ2v) is 4.58. The lowest BCUT2D eigenvalue weighted by Gasteiger charge is -2.04. The highest BCUT2D eigenvalue weighted by Gasteiger charge is 2.06. The maximum atomic E-state index is 13.1. The molecule has 0 spiro atoms. The first-order chi connectivity index (χ1) is 6.92. The smallest absolute Gasteiger partial charge is 0.264 e. The van der Waals surface area contributed by atoms with Gasteiger partial charge in [0.25, 0.3) is 10.1 Å². The minimum absolute atomic E-state index is 0.109. The number of methoxy groups -OCH3 is 1. The molecule has 0 unspecified atom stereocenters. The summed E-state index contributed by atoms with van der Waals surface area (Å²) < 4.78 is 43.7. The highest BCUT2D eigenvalue weighted by atomic mass is 32.2. The standard InChI is InChI=1S/C9H11FO4S/c1-13-9-4-3-7(5-8(9)10)6-14-15(2,11)12/h3-5H,6H2,1-2H3. The third kappa shape index (κ3) is 3.85. The summed E-state index contributed by atoms with van der Waals surface area (Å²) in [4.78, 5) is 0. The molecule has 0 aliphatic rings. The second kappa shape index (κ2) is 4.59. The lowest BCUT2D eigenvalue weighted by Crippen LogP contribution is -2.03. The lowest BCUT2D eigenvalue weighted by molar-refractivity contribution is 0.310. The van der Waals surface area contributed by atoms with Gasteiger partial charge in [-0.25, -0.2) is 4.39 Å². The molecule has 0 bridgehead atoms. The summed E-state index contributed by atoms with van der Waals surface area (Å²) in [6.07, 6.45) is 0.937. The molecule has 1 aromatic carbocycles. The number of ether oxygens (including phenoxy) is 1. The molecule has 1 rings (SSSR count). The summed E-state index contributed by atoms with van der Waals surface area (Å²) in [6.45, 7) is -0.181. The Hall–Kier alpha value is -1.14. The second-order valence-electron chi connectivity index (χ2n) is 2.94. The van der Waals surface area contributed by atoms with E-state index in [2.05, 4.69) is 4.18 Å². The topological polar surface area (TPSA) is 52.6 Å². The van der Waals surface area contributed by atoms with Crippen LogP contribution in [0.5, 0.6) is 5.75 Å². The molecule has 0 radical (unpaired) electrons. The Balaban J connectivity index is 2.76. The van der Waals surface area contributed by atoms with Crippen molar-refractivity contribution in [1.29, 1.82) is 0 Å². The van der Waals surface area contributed by atoms with Gasteiger partial charge in [-0.15, -0.1) is 0 Å². The molecule has 0 atom stereocenters. The van der Waals surface area contributed by atoms with Gasteiger partial charge in [0.1, 0.15) is 0 Å². The van der Waals surface area contributed by atoms with Gasteiger partial charge >= 0.3 is 0 Å². The van der Waals surface area contributed by atoms with Crippen LogP contribution in [-0.2, 0) is 20.9 Å². The van der Waals surface area contributed by atoms with Crippen molar-refractivity contribution in [2.24, 2.45) is 0 Å². The molecule has 1 aromatic rings. The third-order valence-electron chi connectivity index (χ3n) is 1.66. The first-order valence-electron chi connectivity index (χ1n) is 4.09. The van der Waals surface area contributed by atoms with Crippen molar-refractivity contribution in [2.45, 2.75) is 6.61 Å². The molecule has 0 aromatic heterocycles. The molecule has 0 N–H and O–H groups in total. The molecule has 0 saturated heterocycles. The van der Waals surface area contributed by atoms with Crippen LogP contribution in [-0.4, -0.2) is 21.8 Å². The van der Waals surface area contributed by atoms with E-state index < -0.39 is 15.9 Å². The number of halogens is 1. The van der Waals surface area contributed by atoms with E-state index in [-0.39, 0.29) is 12.4 Å². The van der Waals surface area contributed by atoms with Crippen molar-refractivity contribution in [3.8, 4) is 5.75 Å². The van der Waals surface area contributed by atoms with Gasteiger partial charge in [0.2, 0.25) is 0 Å². The van der Waals surface area contributed by atoms with E-state index in [1.54, 1.807) is 0 Å². The van der Waals surface area contributed by atoms with Crippen molar-refractivity contribution in [3.63, 3.8) is 0 Å². The Bertz CT molecular complexity index is 441. The normalized spacial score (nSPS) is 11.4. The van der Waals surface area contributed by atoms with Crippen LogP contribution < -0.4 is 4.74 Å². The summed E-state index contributed by atoms with van der Waals surface area (Å²) in [6, 6.07) is 4.12. The number of hydrogen-bond acceptors (Lipinski definition) is 4. The van der Waals surface area contributed by atoms with E-state index in [0.717, 1.165) is 6.26 Å². The summed E-state index contributed by atoms with van der Waals surface area (Å²) in [7, 11) is -2.15. The van der Waals surface area contributed by atoms with Crippen LogP contribution in [0.2, 0.25) is 0 Å². The van der Waals surface area contributed by atoms with E-state index in [1.807, 2.05) is 0 Å². The zero-order valence-electron chi connectivity index (χ0n) is 8.36. The molecule has 6 heteroatoms. The molecule has 0 fully saturated rings. The largest absolute Gasteiger partial charge is 0.494 e. The van der Waals surface area contributed by atoms with Gasteiger partial charge in [-0.2, -0.15) is 8.42 Å². The Morgan fingerprint density at radius 1 is 1.40 bits per heavy atom. The zero-order chi connectivity index (χ0) is 11.5. The first kappa shape index (κ1) is 11.9. The maximum Gasteiger partial charge on any atom is 0.264 e. The fraction of sp³-hybridized carbons (Fsp3) is 0.333. The summed E-state index contributed by atoms with van der Waals surface area (Å²) in [5, 5.41) is 0. The Morgan fingerprint density at radius 2 is 2.07 bits per heavy atom. The van der Waals surface area contributed by atoms with E-state index in [9.17, 15) is 12.8 Å². The van der Waals surface area contributed by atoms with Crippen LogP contribution in [0.1, 0.15) is 5.56 Å². The number of hydrogen-bond donors (Lipinski definition) is 0. The van der Waals surface area contributed by atoms with Crippen molar-refractivity contribution >= 4 is 10.1 Å². The summed E-state index contributed by atoms with van der Waals surface area (Å²) >= 11 is 0. The van der Waals surface area contributed by atoms with Crippen LogP contribution >= 0.6 is 0 Å². The van der Waals surface area contributed by atoms with Crippen molar-refractivity contribution in [1.82, 2.24) is 0 Å². The molecule has 0 heterocycles. The predicted molar refractivity (Wildman–Crippen MR) is 52.6 cm³/mol. The minimum Gasteiger partial charge on any atom is -0.494 e. The fourth-order valence-electron chi connectivity index (χ4n) is 0.975. The van der Waals surface area contributed by atoms with E-state index >= 15 is 0 Å². The number of rotatable bonds is 4. The van der Waals surface area contributed by atoms with Crippen molar-refractivity contribution in [3.05, 3.63) is 29.6 Å². The van der Waals surface area contributed by atoms with Crippen LogP contribution in [0, 0.1) is 5.82 Å². The van der Waals surface area contributed by atoms with Crippen LogP contribution in [0.25, 0.3) is 0 Å². The Labute approximate surface area is 87.8 Å². The molecule has 0 aliphatic heterocycles. The van der Waals surface area contributed by atoms with Crippen LogP contribution in [0.4, 0.5) is 4.39 Å². The summed E-state index contributed by atoms with van der Waals surface area (Å²) in [5.41, 5.74) is 0.429. The minimum atomic E-state index is -3.50. The molecule has 15 heavy (non-hydrogen) atoms. The predicted octanol–water partition coefficient (Wildman–Crippen LogP) is 1.31. The van der Waals surface area contributed by atoms with Gasteiger partial charge in [0, 0.05) is 0 Å². The monoisotopic (exact) mass is 234 g/mol. The quantitative estimate of drug-likeness (QED) is 0.737. The Morgan fingerprint density at radius 3 is 2.53 bits per heavy atom. The molecule has 4 nitrogen and oxygen atoms in total. The van der Waals surface area contributed by atoms with Gasteiger partial charge in [-0.1, -0.05) is 6.07 Å². The van der Waals surface area contributed by atoms with Crippen molar-refractivity contribution in [2.75, 3.05) is 13.4 Å². The molecular weight excluding hydrogens is 223 g/mol. The highest BCUT2D eigenvalue weighted by Crippen LogP contribution is 2.18. The highest BCUT2D eigenvalue weighted by molar-refractivity contribution is 7.85. The van der Waals surface area contributed by atoms with Crippen LogP contribution in [0.15, 0.2) is 18.2 Å².